The van der Waals surface area contributed by atoms with E-state index in [1.807, 2.05) is 18.2 Å². The summed E-state index contributed by atoms with van der Waals surface area (Å²) < 4.78 is 0. The summed E-state index contributed by atoms with van der Waals surface area (Å²) in [5.74, 6) is 0.234. The molecule has 1 aromatic rings. The average molecular weight is 177 g/mol. The van der Waals surface area contributed by atoms with E-state index in [1.165, 1.54) is 5.56 Å². The van der Waals surface area contributed by atoms with Crippen LogP contribution >= 0.6 is 0 Å². The maximum atomic E-state index is 7.10. The van der Waals surface area contributed by atoms with Gasteiger partial charge in [-0.1, -0.05) is 24.3 Å². The molecule has 0 saturated heterocycles. The second-order valence-corrected chi connectivity index (χ2v) is 3.05. The zero-order chi connectivity index (χ0) is 9.68. The first-order chi connectivity index (χ1) is 6.22. The molecule has 3 heteroatoms. The Balaban J connectivity index is 2.61. The van der Waals surface area contributed by atoms with Gasteiger partial charge in [-0.2, -0.15) is 0 Å². The molecule has 13 heavy (non-hydrogen) atoms. The van der Waals surface area contributed by atoms with Gasteiger partial charge in [-0.25, -0.2) is 0 Å². The number of rotatable bonds is 4. The number of amidine groups is 1. The van der Waals surface area contributed by atoms with E-state index in [2.05, 4.69) is 6.07 Å². The van der Waals surface area contributed by atoms with E-state index in [0.29, 0.717) is 13.0 Å². The molecule has 1 aromatic carbocycles. The minimum Gasteiger partial charge on any atom is -0.388 e. The highest BCUT2D eigenvalue weighted by Crippen LogP contribution is 2.06. The molecule has 0 saturated carbocycles. The van der Waals surface area contributed by atoms with E-state index in [0.717, 1.165) is 12.0 Å². The maximum absolute atomic E-state index is 7.10. The summed E-state index contributed by atoms with van der Waals surface area (Å²) in [6.07, 6.45) is 1.44. The molecule has 0 aliphatic rings. The van der Waals surface area contributed by atoms with E-state index in [1.54, 1.807) is 0 Å². The zero-order valence-electron chi connectivity index (χ0n) is 7.59. The van der Waals surface area contributed by atoms with Crippen molar-refractivity contribution in [2.75, 3.05) is 0 Å². The minimum absolute atomic E-state index is 0.234. The van der Waals surface area contributed by atoms with Gasteiger partial charge in [0.1, 0.15) is 0 Å². The topological polar surface area (TPSA) is 75.9 Å². The zero-order valence-corrected chi connectivity index (χ0v) is 7.59. The Morgan fingerprint density at radius 1 is 1.31 bits per heavy atom. The van der Waals surface area contributed by atoms with Gasteiger partial charge in [0.2, 0.25) is 0 Å². The fourth-order valence-electron chi connectivity index (χ4n) is 1.19. The van der Waals surface area contributed by atoms with Crippen LogP contribution in [-0.4, -0.2) is 5.84 Å². The lowest BCUT2D eigenvalue weighted by Gasteiger charge is -2.02. The first kappa shape index (κ1) is 9.74. The first-order valence-electron chi connectivity index (χ1n) is 4.33. The molecule has 0 heterocycles. The van der Waals surface area contributed by atoms with Crippen LogP contribution in [0.4, 0.5) is 0 Å². The van der Waals surface area contributed by atoms with Crippen molar-refractivity contribution in [2.24, 2.45) is 11.5 Å². The van der Waals surface area contributed by atoms with E-state index in [4.69, 9.17) is 16.9 Å². The molecule has 3 nitrogen and oxygen atoms in total. The quantitative estimate of drug-likeness (QED) is 0.474. The number of aryl methyl sites for hydroxylation is 1. The van der Waals surface area contributed by atoms with Gasteiger partial charge >= 0.3 is 0 Å². The van der Waals surface area contributed by atoms with Crippen LogP contribution in [0, 0.1) is 5.41 Å². The number of nitrogens with two attached hydrogens (primary N) is 2. The van der Waals surface area contributed by atoms with E-state index >= 15 is 0 Å². The summed E-state index contributed by atoms with van der Waals surface area (Å²) in [5, 5.41) is 7.10. The second-order valence-electron chi connectivity index (χ2n) is 3.05. The Labute approximate surface area is 78.3 Å². The van der Waals surface area contributed by atoms with Crippen molar-refractivity contribution in [2.45, 2.75) is 19.4 Å². The number of benzene rings is 1. The van der Waals surface area contributed by atoms with E-state index in [-0.39, 0.29) is 5.84 Å². The molecule has 70 valence electrons. The third-order valence-corrected chi connectivity index (χ3v) is 1.91. The van der Waals surface area contributed by atoms with E-state index in [9.17, 15) is 0 Å². The van der Waals surface area contributed by atoms with Crippen molar-refractivity contribution < 1.29 is 0 Å². The summed E-state index contributed by atoms with van der Waals surface area (Å²) in [5.41, 5.74) is 13.1. The van der Waals surface area contributed by atoms with Gasteiger partial charge in [-0.05, 0) is 17.5 Å². The van der Waals surface area contributed by atoms with Gasteiger partial charge in [0, 0.05) is 13.0 Å². The first-order valence-corrected chi connectivity index (χ1v) is 4.33. The minimum atomic E-state index is 0.234. The largest absolute Gasteiger partial charge is 0.388 e. The molecule has 0 bridgehead atoms. The normalized spacial score (nSPS) is 9.92. The van der Waals surface area contributed by atoms with Crippen LogP contribution in [0.2, 0.25) is 0 Å². The van der Waals surface area contributed by atoms with Gasteiger partial charge in [-0.15, -0.1) is 0 Å². The summed E-state index contributed by atoms with van der Waals surface area (Å²) in [7, 11) is 0. The van der Waals surface area contributed by atoms with Crippen molar-refractivity contribution in [3.05, 3.63) is 35.4 Å². The predicted octanol–water partition coefficient (Wildman–Crippen LogP) is 1.01. The summed E-state index contributed by atoms with van der Waals surface area (Å²) in [6, 6.07) is 8.07. The lowest BCUT2D eigenvalue weighted by Crippen LogP contribution is -2.10. The maximum Gasteiger partial charge on any atom is 0.0908 e. The van der Waals surface area contributed by atoms with Crippen molar-refractivity contribution in [1.82, 2.24) is 0 Å². The highest BCUT2D eigenvalue weighted by Gasteiger charge is 1.95. The van der Waals surface area contributed by atoms with Crippen LogP contribution in [0.3, 0.4) is 0 Å². The molecule has 0 spiro atoms. The van der Waals surface area contributed by atoms with Gasteiger partial charge in [-0.3, -0.25) is 5.41 Å². The fraction of sp³-hybridized carbons (Fsp3) is 0.300. The Kier molecular flexibility index (Phi) is 3.46. The molecule has 0 unspecified atom stereocenters. The van der Waals surface area contributed by atoms with Crippen LogP contribution in [0.25, 0.3) is 0 Å². The number of nitrogens with one attached hydrogen (secondary N) is 1. The third kappa shape index (κ3) is 3.25. The highest BCUT2D eigenvalue weighted by molar-refractivity contribution is 5.77. The Bertz CT molecular complexity index is 294. The van der Waals surface area contributed by atoms with Crippen LogP contribution in [0.5, 0.6) is 0 Å². The molecule has 0 amide bonds. The smallest absolute Gasteiger partial charge is 0.0908 e. The molecule has 0 radical (unpaired) electrons. The molecular formula is C10H15N3. The summed E-state index contributed by atoms with van der Waals surface area (Å²) in [4.78, 5) is 0. The highest BCUT2D eigenvalue weighted by atomic mass is 14.7. The molecule has 1 rings (SSSR count). The Morgan fingerprint density at radius 3 is 2.62 bits per heavy atom. The van der Waals surface area contributed by atoms with Crippen LogP contribution < -0.4 is 11.5 Å². The molecule has 0 atom stereocenters. The van der Waals surface area contributed by atoms with Crippen LogP contribution in [-0.2, 0) is 13.0 Å². The second kappa shape index (κ2) is 4.62. The standard InChI is InChI=1S/C10H15N3/c11-7-9-3-1-2-8(6-9)4-5-10(12)13/h1-3,6H,4-5,7,11H2,(H3,12,13). The van der Waals surface area contributed by atoms with Gasteiger partial charge < -0.3 is 11.5 Å². The van der Waals surface area contributed by atoms with Crippen molar-refractivity contribution in [3.63, 3.8) is 0 Å². The molecule has 0 aliphatic carbocycles. The third-order valence-electron chi connectivity index (χ3n) is 1.91. The molecule has 0 aromatic heterocycles. The Morgan fingerprint density at radius 2 is 2.00 bits per heavy atom. The molecule has 0 aliphatic heterocycles. The van der Waals surface area contributed by atoms with Gasteiger partial charge in [0.25, 0.3) is 0 Å². The average Bonchev–Trinajstić information content (AvgIpc) is 2.15. The molecule has 5 N–H and O–H groups in total. The predicted molar refractivity (Wildman–Crippen MR) is 54.6 cm³/mol. The number of hydrogen-bond acceptors (Lipinski definition) is 2. The van der Waals surface area contributed by atoms with Crippen LogP contribution in [0.15, 0.2) is 24.3 Å². The monoisotopic (exact) mass is 177 g/mol. The van der Waals surface area contributed by atoms with Crippen molar-refractivity contribution in [1.29, 1.82) is 5.41 Å². The fourth-order valence-corrected chi connectivity index (χ4v) is 1.19. The van der Waals surface area contributed by atoms with Gasteiger partial charge in [0.05, 0.1) is 5.84 Å². The Hall–Kier alpha value is -1.35. The molecular weight excluding hydrogens is 162 g/mol. The van der Waals surface area contributed by atoms with E-state index < -0.39 is 0 Å². The van der Waals surface area contributed by atoms with Crippen LogP contribution in [0.1, 0.15) is 17.5 Å². The number of hydrogen-bond donors (Lipinski definition) is 3. The molecule has 0 fully saturated rings. The SMILES string of the molecule is N=C(N)CCc1cccc(CN)c1. The van der Waals surface area contributed by atoms with Crippen molar-refractivity contribution in [3.8, 4) is 0 Å². The summed E-state index contributed by atoms with van der Waals surface area (Å²) >= 11 is 0. The van der Waals surface area contributed by atoms with Gasteiger partial charge in [0.15, 0.2) is 0 Å². The lowest BCUT2D eigenvalue weighted by atomic mass is 10.1. The summed E-state index contributed by atoms with van der Waals surface area (Å²) in [6.45, 7) is 0.563. The lowest BCUT2D eigenvalue weighted by molar-refractivity contribution is 0.997. The van der Waals surface area contributed by atoms with Crippen molar-refractivity contribution >= 4 is 5.84 Å².